The average molecular weight is 241 g/mol. The molecule has 0 unspecified atom stereocenters. The zero-order chi connectivity index (χ0) is 9.42. The molecule has 2 rings (SSSR count). The predicted molar refractivity (Wildman–Crippen MR) is 51.0 cm³/mol. The first-order chi connectivity index (χ1) is 6.20. The summed E-state index contributed by atoms with van der Waals surface area (Å²) in [4.78, 5) is 10.4. The number of hydrogen-bond acceptors (Lipinski definition) is 3. The van der Waals surface area contributed by atoms with Gasteiger partial charge in [-0.25, -0.2) is 0 Å². The van der Waals surface area contributed by atoms with E-state index in [0.717, 1.165) is 0 Å². The first kappa shape index (κ1) is 8.31. The van der Waals surface area contributed by atoms with Crippen LogP contribution in [0.15, 0.2) is 27.3 Å². The average Bonchev–Trinajstić information content (AvgIpc) is 2.46. The van der Waals surface area contributed by atoms with Crippen LogP contribution in [0.25, 0.3) is 11.0 Å². The fourth-order valence-electron chi connectivity index (χ4n) is 1.18. The van der Waals surface area contributed by atoms with Crippen molar-refractivity contribution < 1.29 is 14.3 Å². The van der Waals surface area contributed by atoms with E-state index >= 15 is 0 Å². The molecule has 0 saturated heterocycles. The van der Waals surface area contributed by atoms with Gasteiger partial charge in [0.15, 0.2) is 4.67 Å². The molecule has 2 aromatic rings. The van der Waals surface area contributed by atoms with Gasteiger partial charge in [-0.05, 0) is 28.1 Å². The number of fused-ring (bicyclic) bond motifs is 1. The Kier molecular flexibility index (Phi) is 1.84. The third-order valence-electron chi connectivity index (χ3n) is 1.74. The van der Waals surface area contributed by atoms with Crippen molar-refractivity contribution in [2.24, 2.45) is 0 Å². The van der Waals surface area contributed by atoms with Crippen LogP contribution in [0.4, 0.5) is 0 Å². The highest BCUT2D eigenvalue weighted by molar-refractivity contribution is 9.10. The summed E-state index contributed by atoms with van der Waals surface area (Å²) in [6.07, 6.45) is 0.662. The van der Waals surface area contributed by atoms with Crippen LogP contribution >= 0.6 is 15.9 Å². The van der Waals surface area contributed by atoms with Gasteiger partial charge in [-0.1, -0.05) is 0 Å². The standard InChI is InChI=1S/C9H5BrO3/c10-9-3-6-7(12)1-5(4-11)2-8(6)13-9/h1-4,12H. The first-order valence-corrected chi connectivity index (χ1v) is 4.37. The van der Waals surface area contributed by atoms with E-state index in [-0.39, 0.29) is 5.75 Å². The van der Waals surface area contributed by atoms with E-state index in [1.54, 1.807) is 12.1 Å². The van der Waals surface area contributed by atoms with Crippen molar-refractivity contribution in [1.82, 2.24) is 0 Å². The molecule has 0 spiro atoms. The number of carbonyl (C=O) groups excluding carboxylic acids is 1. The summed E-state index contributed by atoms with van der Waals surface area (Å²) in [5.41, 5.74) is 0.890. The number of furan rings is 1. The Balaban J connectivity index is 2.82. The molecule has 4 heteroatoms. The molecular formula is C9H5BrO3. The molecule has 3 nitrogen and oxygen atoms in total. The van der Waals surface area contributed by atoms with Gasteiger partial charge >= 0.3 is 0 Å². The van der Waals surface area contributed by atoms with Crippen LogP contribution < -0.4 is 0 Å². The quantitative estimate of drug-likeness (QED) is 0.781. The Morgan fingerprint density at radius 2 is 2.15 bits per heavy atom. The lowest BCUT2D eigenvalue weighted by Crippen LogP contribution is -1.78. The lowest BCUT2D eigenvalue weighted by molar-refractivity contribution is 0.112. The SMILES string of the molecule is O=Cc1cc(O)c2cc(Br)oc2c1. The highest BCUT2D eigenvalue weighted by Crippen LogP contribution is 2.31. The van der Waals surface area contributed by atoms with E-state index < -0.39 is 0 Å². The lowest BCUT2D eigenvalue weighted by Gasteiger charge is -1.94. The summed E-state index contributed by atoms with van der Waals surface area (Å²) < 4.78 is 5.72. The third kappa shape index (κ3) is 1.33. The van der Waals surface area contributed by atoms with Crippen LogP contribution in [0.2, 0.25) is 0 Å². The first-order valence-electron chi connectivity index (χ1n) is 3.58. The van der Waals surface area contributed by atoms with Gasteiger partial charge in [0.25, 0.3) is 0 Å². The highest BCUT2D eigenvalue weighted by atomic mass is 79.9. The second-order valence-corrected chi connectivity index (χ2v) is 3.40. The van der Waals surface area contributed by atoms with Crippen molar-refractivity contribution in [1.29, 1.82) is 0 Å². The van der Waals surface area contributed by atoms with Crippen molar-refractivity contribution in [2.45, 2.75) is 0 Å². The molecule has 1 aromatic carbocycles. The Morgan fingerprint density at radius 3 is 2.85 bits per heavy atom. The van der Waals surface area contributed by atoms with Crippen LogP contribution in [0.5, 0.6) is 5.75 Å². The van der Waals surface area contributed by atoms with Crippen LogP contribution in [0.3, 0.4) is 0 Å². The van der Waals surface area contributed by atoms with Crippen molar-refractivity contribution >= 4 is 33.2 Å². The second kappa shape index (κ2) is 2.88. The maximum absolute atomic E-state index is 10.4. The molecule has 0 aliphatic carbocycles. The van der Waals surface area contributed by atoms with Crippen LogP contribution in [0, 0.1) is 0 Å². The van der Waals surface area contributed by atoms with E-state index in [2.05, 4.69) is 15.9 Å². The van der Waals surface area contributed by atoms with E-state index in [4.69, 9.17) is 4.42 Å². The van der Waals surface area contributed by atoms with E-state index in [1.807, 2.05) is 0 Å². The van der Waals surface area contributed by atoms with Crippen LogP contribution in [0.1, 0.15) is 10.4 Å². The van der Waals surface area contributed by atoms with Gasteiger partial charge in [0, 0.05) is 11.6 Å². The molecule has 0 aliphatic heterocycles. The topological polar surface area (TPSA) is 50.4 Å². The molecule has 0 aliphatic rings. The zero-order valence-corrected chi connectivity index (χ0v) is 8.04. The summed E-state index contributed by atoms with van der Waals surface area (Å²) in [6.45, 7) is 0. The fourth-order valence-corrected chi connectivity index (χ4v) is 1.58. The smallest absolute Gasteiger partial charge is 0.170 e. The van der Waals surface area contributed by atoms with E-state index in [9.17, 15) is 9.90 Å². The lowest BCUT2D eigenvalue weighted by atomic mass is 10.2. The maximum Gasteiger partial charge on any atom is 0.170 e. The third-order valence-corrected chi connectivity index (χ3v) is 2.13. The summed E-state index contributed by atoms with van der Waals surface area (Å²) in [6, 6.07) is 4.63. The zero-order valence-electron chi connectivity index (χ0n) is 6.45. The molecule has 13 heavy (non-hydrogen) atoms. The summed E-state index contributed by atoms with van der Waals surface area (Å²) in [5, 5.41) is 10.1. The number of benzene rings is 1. The largest absolute Gasteiger partial charge is 0.507 e. The minimum Gasteiger partial charge on any atom is -0.507 e. The molecule has 0 amide bonds. The van der Waals surface area contributed by atoms with Crippen molar-refractivity contribution in [3.8, 4) is 5.75 Å². The Morgan fingerprint density at radius 1 is 1.38 bits per heavy atom. The molecular weight excluding hydrogens is 236 g/mol. The number of phenols is 1. The van der Waals surface area contributed by atoms with Crippen LogP contribution in [-0.4, -0.2) is 11.4 Å². The van der Waals surface area contributed by atoms with Gasteiger partial charge in [-0.15, -0.1) is 0 Å². The van der Waals surface area contributed by atoms with Gasteiger partial charge in [0.05, 0.1) is 5.39 Å². The van der Waals surface area contributed by atoms with Crippen LogP contribution in [-0.2, 0) is 0 Å². The summed E-state index contributed by atoms with van der Waals surface area (Å²) in [5.74, 6) is 0.0500. The summed E-state index contributed by atoms with van der Waals surface area (Å²) in [7, 11) is 0. The van der Waals surface area contributed by atoms with E-state index in [0.29, 0.717) is 27.5 Å². The number of halogens is 1. The number of phenolic OH excluding ortho intramolecular Hbond substituents is 1. The molecule has 0 saturated carbocycles. The van der Waals surface area contributed by atoms with E-state index in [1.165, 1.54) is 6.07 Å². The number of aldehydes is 1. The van der Waals surface area contributed by atoms with Crippen molar-refractivity contribution in [3.05, 3.63) is 28.4 Å². The van der Waals surface area contributed by atoms with Gasteiger partial charge in [0.1, 0.15) is 17.6 Å². The normalized spacial score (nSPS) is 10.5. The molecule has 1 heterocycles. The molecule has 0 radical (unpaired) electrons. The Labute approximate surface area is 82.1 Å². The minimum absolute atomic E-state index is 0.0500. The van der Waals surface area contributed by atoms with Gasteiger partial charge in [0.2, 0.25) is 0 Å². The second-order valence-electron chi connectivity index (χ2n) is 2.62. The van der Waals surface area contributed by atoms with Crippen molar-refractivity contribution in [2.75, 3.05) is 0 Å². The Bertz CT molecular complexity index is 473. The fraction of sp³-hybridized carbons (Fsp3) is 0. The highest BCUT2D eigenvalue weighted by Gasteiger charge is 2.07. The number of rotatable bonds is 1. The van der Waals surface area contributed by atoms with Gasteiger partial charge < -0.3 is 9.52 Å². The summed E-state index contributed by atoms with van der Waals surface area (Å²) >= 11 is 3.14. The monoisotopic (exact) mass is 240 g/mol. The number of carbonyl (C=O) groups is 1. The minimum atomic E-state index is 0.0500. The van der Waals surface area contributed by atoms with Gasteiger partial charge in [-0.2, -0.15) is 0 Å². The Hall–Kier alpha value is -1.29. The van der Waals surface area contributed by atoms with Gasteiger partial charge in [-0.3, -0.25) is 4.79 Å². The molecule has 66 valence electrons. The molecule has 0 bridgehead atoms. The number of aromatic hydroxyl groups is 1. The maximum atomic E-state index is 10.4. The molecule has 0 fully saturated rings. The molecule has 0 atom stereocenters. The predicted octanol–water partition coefficient (Wildman–Crippen LogP) is 2.71. The molecule has 1 N–H and O–H groups in total. The van der Waals surface area contributed by atoms with Crippen molar-refractivity contribution in [3.63, 3.8) is 0 Å². The molecule has 1 aromatic heterocycles. The number of hydrogen-bond donors (Lipinski definition) is 1.